The van der Waals surface area contributed by atoms with E-state index in [9.17, 15) is 14.7 Å². The molecule has 0 aliphatic heterocycles. The molecule has 1 aromatic heterocycles. The van der Waals surface area contributed by atoms with Crippen molar-refractivity contribution in [1.29, 1.82) is 0 Å². The van der Waals surface area contributed by atoms with Crippen LogP contribution >= 0.6 is 0 Å². The number of aromatic carboxylic acids is 1. The summed E-state index contributed by atoms with van der Waals surface area (Å²) < 4.78 is 1.55. The monoisotopic (exact) mass is 316 g/mol. The van der Waals surface area contributed by atoms with Gasteiger partial charge >= 0.3 is 5.97 Å². The van der Waals surface area contributed by atoms with E-state index in [-0.39, 0.29) is 17.5 Å². The van der Waals surface area contributed by atoms with Crippen LogP contribution in [0.5, 0.6) is 0 Å². The number of hydrogen-bond acceptors (Lipinski definition) is 4. The minimum Gasteiger partial charge on any atom is -0.476 e. The second-order valence-corrected chi connectivity index (χ2v) is 5.29. The third-order valence-corrected chi connectivity index (χ3v) is 3.69. The summed E-state index contributed by atoms with van der Waals surface area (Å²) in [5, 5.41) is 19.9. The lowest BCUT2D eigenvalue weighted by Gasteiger charge is -2.15. The molecule has 0 aliphatic rings. The van der Waals surface area contributed by atoms with Crippen molar-refractivity contribution >= 4 is 17.6 Å². The molecule has 0 saturated heterocycles. The largest absolute Gasteiger partial charge is 0.476 e. The second kappa shape index (κ2) is 7.04. The molecule has 122 valence electrons. The Morgan fingerprint density at radius 1 is 1.30 bits per heavy atom. The standard InChI is InChI=1S/C16H20N4O3/c1-4-11(5-2)15-14(16(22)23)18-19-20(15)13-8-6-7-12(9-13)17-10(3)21/h6-9,11H,4-5H2,1-3H3,(H,17,21)(H,22,23). The predicted molar refractivity (Wildman–Crippen MR) is 85.9 cm³/mol. The summed E-state index contributed by atoms with van der Waals surface area (Å²) in [6.07, 6.45) is 1.57. The Bertz CT molecular complexity index is 720. The summed E-state index contributed by atoms with van der Waals surface area (Å²) in [6.45, 7) is 5.44. The molecule has 0 bridgehead atoms. The average Bonchev–Trinajstić information content (AvgIpc) is 2.93. The fraction of sp³-hybridized carbons (Fsp3) is 0.375. The molecule has 2 N–H and O–H groups in total. The number of carbonyl (C=O) groups is 2. The molecule has 0 unspecified atom stereocenters. The number of hydrogen-bond donors (Lipinski definition) is 2. The fourth-order valence-electron chi connectivity index (χ4n) is 2.59. The first-order valence-corrected chi connectivity index (χ1v) is 7.54. The highest BCUT2D eigenvalue weighted by atomic mass is 16.4. The van der Waals surface area contributed by atoms with Gasteiger partial charge in [-0.2, -0.15) is 0 Å². The quantitative estimate of drug-likeness (QED) is 0.854. The molecule has 7 heteroatoms. The van der Waals surface area contributed by atoms with Gasteiger partial charge in [-0.15, -0.1) is 5.10 Å². The van der Waals surface area contributed by atoms with Gasteiger partial charge < -0.3 is 10.4 Å². The highest BCUT2D eigenvalue weighted by Crippen LogP contribution is 2.28. The smallest absolute Gasteiger partial charge is 0.358 e. The van der Waals surface area contributed by atoms with Crippen LogP contribution in [-0.4, -0.2) is 32.0 Å². The Morgan fingerprint density at radius 2 is 2.00 bits per heavy atom. The minimum atomic E-state index is -1.09. The predicted octanol–water partition coefficient (Wildman–Crippen LogP) is 2.83. The number of benzene rings is 1. The van der Waals surface area contributed by atoms with Crippen LogP contribution in [0.25, 0.3) is 5.69 Å². The molecule has 23 heavy (non-hydrogen) atoms. The highest BCUT2D eigenvalue weighted by Gasteiger charge is 2.25. The van der Waals surface area contributed by atoms with E-state index in [1.165, 1.54) is 6.92 Å². The number of carboxylic acid groups (broad SMARTS) is 1. The summed E-state index contributed by atoms with van der Waals surface area (Å²) in [5.41, 5.74) is 1.85. The first-order chi connectivity index (χ1) is 11.0. The van der Waals surface area contributed by atoms with Gasteiger partial charge in [0.1, 0.15) is 0 Å². The van der Waals surface area contributed by atoms with Gasteiger partial charge in [-0.3, -0.25) is 4.79 Å². The van der Waals surface area contributed by atoms with E-state index in [4.69, 9.17) is 0 Å². The van der Waals surface area contributed by atoms with Crippen molar-refractivity contribution in [2.24, 2.45) is 0 Å². The van der Waals surface area contributed by atoms with E-state index in [1.807, 2.05) is 13.8 Å². The molecule has 1 amide bonds. The average molecular weight is 316 g/mol. The topological polar surface area (TPSA) is 97.1 Å². The number of carboxylic acids is 1. The molecule has 1 heterocycles. The van der Waals surface area contributed by atoms with E-state index in [0.717, 1.165) is 12.8 Å². The first kappa shape index (κ1) is 16.7. The summed E-state index contributed by atoms with van der Waals surface area (Å²) in [7, 11) is 0. The maximum atomic E-state index is 11.4. The van der Waals surface area contributed by atoms with E-state index < -0.39 is 5.97 Å². The number of amides is 1. The molecule has 7 nitrogen and oxygen atoms in total. The lowest BCUT2D eigenvalue weighted by molar-refractivity contribution is -0.114. The minimum absolute atomic E-state index is 0.0244. The molecule has 0 aliphatic carbocycles. The van der Waals surface area contributed by atoms with Crippen LogP contribution in [-0.2, 0) is 4.79 Å². The van der Waals surface area contributed by atoms with Crippen molar-refractivity contribution in [3.63, 3.8) is 0 Å². The Morgan fingerprint density at radius 3 is 2.57 bits per heavy atom. The van der Waals surface area contributed by atoms with E-state index in [1.54, 1.807) is 28.9 Å². The summed E-state index contributed by atoms with van der Waals surface area (Å²) >= 11 is 0. The molecule has 1 aromatic carbocycles. The number of rotatable bonds is 6. The Kier molecular flexibility index (Phi) is 5.10. The SMILES string of the molecule is CCC(CC)c1c(C(=O)O)nnn1-c1cccc(NC(C)=O)c1. The molecule has 2 rings (SSSR count). The zero-order chi connectivity index (χ0) is 17.0. The van der Waals surface area contributed by atoms with Gasteiger partial charge in [0.2, 0.25) is 5.91 Å². The highest BCUT2D eigenvalue weighted by molar-refractivity contribution is 5.89. The van der Waals surface area contributed by atoms with Crippen LogP contribution < -0.4 is 5.32 Å². The van der Waals surface area contributed by atoms with Gasteiger partial charge in [-0.05, 0) is 31.0 Å². The van der Waals surface area contributed by atoms with Crippen molar-refractivity contribution < 1.29 is 14.7 Å². The van der Waals surface area contributed by atoms with Crippen LogP contribution in [0.15, 0.2) is 24.3 Å². The number of aromatic nitrogens is 3. The number of nitrogens with one attached hydrogen (secondary N) is 1. The van der Waals surface area contributed by atoms with Gasteiger partial charge in [0.25, 0.3) is 0 Å². The summed E-state index contributed by atoms with van der Waals surface area (Å²) in [6, 6.07) is 7.08. The Labute approximate surface area is 134 Å². The lowest BCUT2D eigenvalue weighted by atomic mass is 9.97. The zero-order valence-electron chi connectivity index (χ0n) is 13.4. The van der Waals surface area contributed by atoms with Crippen LogP contribution in [0, 0.1) is 0 Å². The number of nitrogens with zero attached hydrogens (tertiary/aromatic N) is 3. The number of carbonyl (C=O) groups excluding carboxylic acids is 1. The molecule has 0 radical (unpaired) electrons. The van der Waals surface area contributed by atoms with Crippen molar-refractivity contribution in [2.75, 3.05) is 5.32 Å². The van der Waals surface area contributed by atoms with E-state index >= 15 is 0 Å². The van der Waals surface area contributed by atoms with Gasteiger partial charge in [-0.25, -0.2) is 9.48 Å². The Balaban J connectivity index is 2.55. The van der Waals surface area contributed by atoms with Crippen molar-refractivity contribution in [3.05, 3.63) is 35.7 Å². The van der Waals surface area contributed by atoms with E-state index in [2.05, 4.69) is 15.6 Å². The first-order valence-electron chi connectivity index (χ1n) is 7.54. The van der Waals surface area contributed by atoms with Crippen LogP contribution in [0.1, 0.15) is 55.7 Å². The molecular weight excluding hydrogens is 296 g/mol. The fourth-order valence-corrected chi connectivity index (χ4v) is 2.59. The third-order valence-electron chi connectivity index (χ3n) is 3.69. The maximum absolute atomic E-state index is 11.4. The second-order valence-electron chi connectivity index (χ2n) is 5.29. The number of anilines is 1. The third kappa shape index (κ3) is 3.56. The van der Waals surface area contributed by atoms with Crippen molar-refractivity contribution in [2.45, 2.75) is 39.5 Å². The van der Waals surface area contributed by atoms with Crippen molar-refractivity contribution in [3.8, 4) is 5.69 Å². The summed E-state index contributed by atoms with van der Waals surface area (Å²) in [4.78, 5) is 22.6. The zero-order valence-corrected chi connectivity index (χ0v) is 13.4. The lowest BCUT2D eigenvalue weighted by Crippen LogP contribution is -2.12. The van der Waals surface area contributed by atoms with Gasteiger partial charge in [-0.1, -0.05) is 25.1 Å². The van der Waals surface area contributed by atoms with Crippen LogP contribution in [0.3, 0.4) is 0 Å². The normalized spacial score (nSPS) is 10.8. The van der Waals surface area contributed by atoms with Crippen LogP contribution in [0.2, 0.25) is 0 Å². The molecule has 0 fully saturated rings. The molecule has 0 atom stereocenters. The molecule has 0 saturated carbocycles. The van der Waals surface area contributed by atoms with Gasteiger partial charge in [0, 0.05) is 18.5 Å². The van der Waals surface area contributed by atoms with Gasteiger partial charge in [0.15, 0.2) is 5.69 Å². The van der Waals surface area contributed by atoms with Crippen LogP contribution in [0.4, 0.5) is 5.69 Å². The van der Waals surface area contributed by atoms with Gasteiger partial charge in [0.05, 0.1) is 11.4 Å². The summed E-state index contributed by atoms with van der Waals surface area (Å²) in [5.74, 6) is -1.22. The molecule has 0 spiro atoms. The maximum Gasteiger partial charge on any atom is 0.358 e. The van der Waals surface area contributed by atoms with E-state index in [0.29, 0.717) is 17.1 Å². The Hall–Kier alpha value is -2.70. The molecular formula is C16H20N4O3. The molecule has 2 aromatic rings. The van der Waals surface area contributed by atoms with Crippen molar-refractivity contribution in [1.82, 2.24) is 15.0 Å².